The van der Waals surface area contributed by atoms with Crippen LogP contribution in [0.3, 0.4) is 0 Å². The SMILES string of the molecule is CCC[C@H](c1nn[nH]n1)N1C(=O)[C@H](Cc2ccc(I)cc2)OC(c2ccc(Cl)cc2)[C@H]1c1ccc(Cl)cc1. The van der Waals surface area contributed by atoms with E-state index in [2.05, 4.69) is 50.1 Å². The summed E-state index contributed by atoms with van der Waals surface area (Å²) in [6.07, 6.45) is 0.759. The van der Waals surface area contributed by atoms with Gasteiger partial charge in [0.25, 0.3) is 5.91 Å². The summed E-state index contributed by atoms with van der Waals surface area (Å²) in [7, 11) is 0. The molecule has 38 heavy (non-hydrogen) atoms. The summed E-state index contributed by atoms with van der Waals surface area (Å²) in [6.45, 7) is 2.08. The second kappa shape index (κ2) is 12.1. The predicted octanol–water partition coefficient (Wildman–Crippen LogP) is 6.91. The Morgan fingerprint density at radius 1 is 0.974 bits per heavy atom. The fourth-order valence-corrected chi connectivity index (χ4v) is 5.57. The minimum Gasteiger partial charge on any atom is -0.358 e. The summed E-state index contributed by atoms with van der Waals surface area (Å²) >= 11 is 14.8. The van der Waals surface area contributed by atoms with Crippen molar-refractivity contribution >= 4 is 51.7 Å². The highest BCUT2D eigenvalue weighted by atomic mass is 127. The van der Waals surface area contributed by atoms with Crippen LogP contribution in [0.15, 0.2) is 72.8 Å². The van der Waals surface area contributed by atoms with Gasteiger partial charge in [-0.15, -0.1) is 10.2 Å². The standard InChI is InChI=1S/C28H26Cl2IN5O2/c1-2-3-23(27-32-34-35-33-27)36-25(18-6-10-20(29)11-7-18)26(19-8-12-21(30)13-9-19)38-24(28(36)37)16-17-4-14-22(31)15-5-17/h4-15,23-26H,2-3,16H2,1H3,(H,32,33,34,35)/t23-,24+,25-,26?/m1/s1. The molecular weight excluding hydrogens is 636 g/mol. The van der Waals surface area contributed by atoms with Crippen LogP contribution in [0.25, 0.3) is 0 Å². The third-order valence-corrected chi connectivity index (χ3v) is 7.95. The van der Waals surface area contributed by atoms with E-state index >= 15 is 0 Å². The van der Waals surface area contributed by atoms with Gasteiger partial charge in [0.2, 0.25) is 0 Å². The van der Waals surface area contributed by atoms with Gasteiger partial charge in [-0.05, 0) is 82.1 Å². The number of halogens is 3. The number of nitrogens with zero attached hydrogens (tertiary/aromatic N) is 4. The molecule has 1 fully saturated rings. The van der Waals surface area contributed by atoms with E-state index in [1.165, 1.54) is 0 Å². The van der Waals surface area contributed by atoms with Crippen LogP contribution in [-0.2, 0) is 16.0 Å². The van der Waals surface area contributed by atoms with Gasteiger partial charge in [-0.25, -0.2) is 0 Å². The van der Waals surface area contributed by atoms with Crippen LogP contribution in [0, 0.1) is 3.57 Å². The van der Waals surface area contributed by atoms with Crippen molar-refractivity contribution in [1.29, 1.82) is 0 Å². The lowest BCUT2D eigenvalue weighted by atomic mass is 9.88. The van der Waals surface area contributed by atoms with Crippen LogP contribution >= 0.6 is 45.8 Å². The second-order valence-electron chi connectivity index (χ2n) is 9.24. The van der Waals surface area contributed by atoms with Crippen LogP contribution < -0.4 is 0 Å². The zero-order valence-corrected chi connectivity index (χ0v) is 24.3. The normalized spacial score (nSPS) is 20.5. The first-order valence-electron chi connectivity index (χ1n) is 12.4. The van der Waals surface area contributed by atoms with Crippen molar-refractivity contribution in [3.05, 3.63) is 109 Å². The molecule has 4 atom stereocenters. The van der Waals surface area contributed by atoms with Gasteiger partial charge in [-0.2, -0.15) is 5.21 Å². The number of carbonyl (C=O) groups is 1. The molecule has 0 aliphatic carbocycles. The van der Waals surface area contributed by atoms with Gasteiger partial charge in [-0.3, -0.25) is 4.79 Å². The molecule has 1 amide bonds. The molecule has 1 unspecified atom stereocenters. The van der Waals surface area contributed by atoms with Gasteiger partial charge in [0.15, 0.2) is 5.82 Å². The number of amides is 1. The number of aromatic nitrogens is 4. The average molecular weight is 662 g/mol. The van der Waals surface area contributed by atoms with Crippen molar-refractivity contribution in [2.75, 3.05) is 0 Å². The van der Waals surface area contributed by atoms with Crippen LogP contribution in [0.1, 0.15) is 60.5 Å². The highest BCUT2D eigenvalue weighted by Gasteiger charge is 2.47. The first-order valence-corrected chi connectivity index (χ1v) is 14.2. The van der Waals surface area contributed by atoms with Gasteiger partial charge in [0, 0.05) is 20.0 Å². The topological polar surface area (TPSA) is 84.0 Å². The van der Waals surface area contributed by atoms with Gasteiger partial charge in [0.05, 0.1) is 12.1 Å². The first kappa shape index (κ1) is 27.1. The summed E-state index contributed by atoms with van der Waals surface area (Å²) in [4.78, 5) is 16.3. The van der Waals surface area contributed by atoms with Crippen molar-refractivity contribution < 1.29 is 9.53 Å². The molecule has 196 valence electrons. The Labute approximate surface area is 245 Å². The predicted molar refractivity (Wildman–Crippen MR) is 155 cm³/mol. The number of benzene rings is 3. The smallest absolute Gasteiger partial charge is 0.253 e. The quantitative estimate of drug-likeness (QED) is 0.208. The average Bonchev–Trinajstić information content (AvgIpc) is 3.46. The maximum atomic E-state index is 14.4. The third kappa shape index (κ3) is 5.88. The Morgan fingerprint density at radius 2 is 1.61 bits per heavy atom. The number of ether oxygens (including phenoxy) is 1. The molecule has 5 rings (SSSR count). The van der Waals surface area contributed by atoms with Crippen LogP contribution in [-0.4, -0.2) is 37.5 Å². The Hall–Kier alpha value is -2.53. The Balaban J connectivity index is 1.65. The van der Waals surface area contributed by atoms with Crippen LogP contribution in [0.2, 0.25) is 10.0 Å². The van der Waals surface area contributed by atoms with E-state index in [4.69, 9.17) is 27.9 Å². The van der Waals surface area contributed by atoms with Crippen molar-refractivity contribution in [1.82, 2.24) is 25.5 Å². The molecule has 2 heterocycles. The number of hydrogen-bond acceptors (Lipinski definition) is 5. The molecule has 1 N–H and O–H groups in total. The molecule has 3 aromatic carbocycles. The Kier molecular flexibility index (Phi) is 8.62. The summed E-state index contributed by atoms with van der Waals surface area (Å²) in [5.74, 6) is 0.362. The van der Waals surface area contributed by atoms with E-state index < -0.39 is 24.3 Å². The number of morpholine rings is 1. The molecule has 0 radical (unpaired) electrons. The summed E-state index contributed by atoms with van der Waals surface area (Å²) in [5.41, 5.74) is 2.85. The van der Waals surface area contributed by atoms with E-state index in [1.54, 1.807) is 0 Å². The molecule has 1 aliphatic rings. The van der Waals surface area contributed by atoms with Crippen LogP contribution in [0.4, 0.5) is 0 Å². The maximum absolute atomic E-state index is 14.4. The van der Waals surface area contributed by atoms with E-state index in [0.717, 1.165) is 26.7 Å². The number of tetrazole rings is 1. The van der Waals surface area contributed by atoms with E-state index in [9.17, 15) is 4.79 Å². The molecule has 1 saturated heterocycles. The molecule has 7 nitrogen and oxygen atoms in total. The molecule has 1 aromatic heterocycles. The van der Waals surface area contributed by atoms with Crippen LogP contribution in [0.5, 0.6) is 0 Å². The largest absolute Gasteiger partial charge is 0.358 e. The zero-order valence-electron chi connectivity index (χ0n) is 20.6. The van der Waals surface area contributed by atoms with E-state index in [-0.39, 0.29) is 5.91 Å². The second-order valence-corrected chi connectivity index (χ2v) is 11.4. The number of aromatic amines is 1. The molecule has 4 aromatic rings. The number of rotatable bonds is 8. The fraction of sp³-hybridized carbons (Fsp3) is 0.286. The minimum absolute atomic E-state index is 0.114. The summed E-state index contributed by atoms with van der Waals surface area (Å²) in [6, 6.07) is 22.4. The lowest BCUT2D eigenvalue weighted by Crippen LogP contribution is -2.53. The lowest BCUT2D eigenvalue weighted by molar-refractivity contribution is -0.180. The van der Waals surface area contributed by atoms with Gasteiger partial charge < -0.3 is 9.64 Å². The van der Waals surface area contributed by atoms with Crippen molar-refractivity contribution in [2.45, 2.75) is 50.5 Å². The number of hydrogen-bond donors (Lipinski definition) is 1. The van der Waals surface area contributed by atoms with E-state index in [1.807, 2.05) is 77.7 Å². The highest BCUT2D eigenvalue weighted by Crippen LogP contribution is 2.47. The summed E-state index contributed by atoms with van der Waals surface area (Å²) in [5, 5.41) is 16.2. The van der Waals surface area contributed by atoms with Gasteiger partial charge >= 0.3 is 0 Å². The fourth-order valence-electron chi connectivity index (χ4n) is 4.96. The Morgan fingerprint density at radius 3 is 2.18 bits per heavy atom. The monoisotopic (exact) mass is 661 g/mol. The molecule has 1 aliphatic heterocycles. The number of carbonyl (C=O) groups excluding carboxylic acids is 1. The van der Waals surface area contributed by atoms with Gasteiger partial charge in [-0.1, -0.05) is 78.2 Å². The Bertz CT molecular complexity index is 1350. The van der Waals surface area contributed by atoms with Gasteiger partial charge in [0.1, 0.15) is 12.2 Å². The summed E-state index contributed by atoms with van der Waals surface area (Å²) < 4.78 is 7.83. The van der Waals surface area contributed by atoms with E-state index in [0.29, 0.717) is 28.7 Å². The zero-order chi connectivity index (χ0) is 26.6. The molecule has 0 saturated carbocycles. The number of nitrogens with one attached hydrogen (secondary N) is 1. The number of H-pyrrole nitrogens is 1. The first-order chi connectivity index (χ1) is 18.4. The molecule has 10 heteroatoms. The molecular formula is C28H26Cl2IN5O2. The third-order valence-electron chi connectivity index (χ3n) is 6.73. The minimum atomic E-state index is -0.703. The maximum Gasteiger partial charge on any atom is 0.253 e. The van der Waals surface area contributed by atoms with Crippen molar-refractivity contribution in [3.63, 3.8) is 0 Å². The molecule has 0 spiro atoms. The highest BCUT2D eigenvalue weighted by molar-refractivity contribution is 14.1. The molecule has 0 bridgehead atoms. The van der Waals surface area contributed by atoms with Crippen molar-refractivity contribution in [3.8, 4) is 0 Å². The van der Waals surface area contributed by atoms with Crippen molar-refractivity contribution in [2.24, 2.45) is 0 Å². The lowest BCUT2D eigenvalue weighted by Gasteiger charge is -2.47.